The van der Waals surface area contributed by atoms with E-state index in [9.17, 15) is 9.90 Å². The number of carbonyl (C=O) groups is 1. The number of rotatable bonds is 4. The number of hydrogen-bond acceptors (Lipinski definition) is 3. The van der Waals surface area contributed by atoms with Crippen molar-refractivity contribution >= 4 is 11.7 Å². The highest BCUT2D eigenvalue weighted by Crippen LogP contribution is 2.21. The normalized spacial score (nSPS) is 10.3. The van der Waals surface area contributed by atoms with Gasteiger partial charge in [0.25, 0.3) is 0 Å². The number of carboxylic acids is 1. The number of nitrogens with one attached hydrogen (secondary N) is 1. The number of aromatic carboxylic acids is 1. The standard InChI is InChI=1S/C14H15NO3/c1-9-6-12(14(16)17)13(7-10(9)2)15-8-11-4-3-5-18-11/h3-7,15H,8H2,1-2H3,(H,16,17). The van der Waals surface area contributed by atoms with E-state index in [2.05, 4.69) is 5.32 Å². The van der Waals surface area contributed by atoms with Crippen LogP contribution in [0.5, 0.6) is 0 Å². The van der Waals surface area contributed by atoms with Crippen LogP contribution in [-0.2, 0) is 6.54 Å². The van der Waals surface area contributed by atoms with E-state index in [-0.39, 0.29) is 5.56 Å². The van der Waals surface area contributed by atoms with Gasteiger partial charge in [-0.25, -0.2) is 4.79 Å². The van der Waals surface area contributed by atoms with E-state index in [1.54, 1.807) is 18.4 Å². The maximum absolute atomic E-state index is 11.2. The van der Waals surface area contributed by atoms with Crippen molar-refractivity contribution in [3.63, 3.8) is 0 Å². The van der Waals surface area contributed by atoms with Gasteiger partial charge >= 0.3 is 5.97 Å². The van der Waals surface area contributed by atoms with Crippen LogP contribution in [0.1, 0.15) is 27.2 Å². The average Bonchev–Trinajstić information content (AvgIpc) is 2.83. The molecule has 0 spiro atoms. The summed E-state index contributed by atoms with van der Waals surface area (Å²) in [5, 5.41) is 12.3. The van der Waals surface area contributed by atoms with Gasteiger partial charge in [-0.2, -0.15) is 0 Å². The summed E-state index contributed by atoms with van der Waals surface area (Å²) in [6, 6.07) is 7.17. The quantitative estimate of drug-likeness (QED) is 0.868. The van der Waals surface area contributed by atoms with Crippen molar-refractivity contribution in [1.82, 2.24) is 0 Å². The number of anilines is 1. The molecule has 0 atom stereocenters. The third kappa shape index (κ3) is 2.53. The van der Waals surface area contributed by atoms with E-state index >= 15 is 0 Å². The van der Waals surface area contributed by atoms with Gasteiger partial charge in [-0.1, -0.05) is 0 Å². The molecule has 0 radical (unpaired) electrons. The highest BCUT2D eigenvalue weighted by molar-refractivity contribution is 5.94. The molecule has 2 aromatic rings. The molecule has 94 valence electrons. The minimum absolute atomic E-state index is 0.282. The summed E-state index contributed by atoms with van der Waals surface area (Å²) in [5.41, 5.74) is 2.92. The van der Waals surface area contributed by atoms with E-state index in [4.69, 9.17) is 4.42 Å². The lowest BCUT2D eigenvalue weighted by molar-refractivity contribution is 0.0698. The highest BCUT2D eigenvalue weighted by Gasteiger charge is 2.12. The predicted octanol–water partition coefficient (Wildman–Crippen LogP) is 3.21. The Hall–Kier alpha value is -2.23. The van der Waals surface area contributed by atoms with Crippen molar-refractivity contribution in [3.8, 4) is 0 Å². The molecule has 2 rings (SSSR count). The first-order valence-corrected chi connectivity index (χ1v) is 5.68. The summed E-state index contributed by atoms with van der Waals surface area (Å²) in [7, 11) is 0. The lowest BCUT2D eigenvalue weighted by Gasteiger charge is -2.11. The zero-order valence-corrected chi connectivity index (χ0v) is 10.4. The van der Waals surface area contributed by atoms with Gasteiger partial charge in [0.15, 0.2) is 0 Å². The van der Waals surface area contributed by atoms with E-state index in [0.29, 0.717) is 12.2 Å². The zero-order chi connectivity index (χ0) is 13.1. The van der Waals surface area contributed by atoms with Crippen LogP contribution in [0.2, 0.25) is 0 Å². The lowest BCUT2D eigenvalue weighted by Crippen LogP contribution is -2.07. The molecule has 1 heterocycles. The molecule has 4 nitrogen and oxygen atoms in total. The largest absolute Gasteiger partial charge is 0.478 e. The second-order valence-electron chi connectivity index (χ2n) is 4.22. The topological polar surface area (TPSA) is 62.5 Å². The molecule has 0 aliphatic rings. The van der Waals surface area contributed by atoms with Crippen molar-refractivity contribution in [3.05, 3.63) is 53.0 Å². The van der Waals surface area contributed by atoms with Gasteiger partial charge in [-0.15, -0.1) is 0 Å². The Bertz CT molecular complexity index is 559. The third-order valence-electron chi connectivity index (χ3n) is 2.90. The Morgan fingerprint density at radius 3 is 2.67 bits per heavy atom. The Kier molecular flexibility index (Phi) is 3.37. The van der Waals surface area contributed by atoms with Crippen LogP contribution >= 0.6 is 0 Å². The molecule has 0 saturated carbocycles. The minimum Gasteiger partial charge on any atom is -0.478 e. The molecule has 1 aromatic heterocycles. The molecule has 0 fully saturated rings. The molecule has 0 amide bonds. The van der Waals surface area contributed by atoms with E-state index in [1.165, 1.54) is 0 Å². The second kappa shape index (κ2) is 4.96. The van der Waals surface area contributed by atoms with Gasteiger partial charge in [0.2, 0.25) is 0 Å². The molecular formula is C14H15NO3. The minimum atomic E-state index is -0.931. The van der Waals surface area contributed by atoms with Crippen LogP contribution in [-0.4, -0.2) is 11.1 Å². The van der Waals surface area contributed by atoms with Gasteiger partial charge < -0.3 is 14.8 Å². The first-order valence-electron chi connectivity index (χ1n) is 5.68. The second-order valence-corrected chi connectivity index (χ2v) is 4.22. The van der Waals surface area contributed by atoms with E-state index < -0.39 is 5.97 Å². The summed E-state index contributed by atoms with van der Waals surface area (Å²) >= 11 is 0. The molecular weight excluding hydrogens is 230 g/mol. The Morgan fingerprint density at radius 1 is 1.33 bits per heavy atom. The maximum Gasteiger partial charge on any atom is 0.337 e. The monoisotopic (exact) mass is 245 g/mol. The fourth-order valence-electron chi connectivity index (χ4n) is 1.73. The van der Waals surface area contributed by atoms with Crippen LogP contribution in [0.15, 0.2) is 34.9 Å². The molecule has 18 heavy (non-hydrogen) atoms. The third-order valence-corrected chi connectivity index (χ3v) is 2.90. The summed E-state index contributed by atoms with van der Waals surface area (Å²) in [5.74, 6) is -0.162. The van der Waals surface area contributed by atoms with Crippen molar-refractivity contribution in [2.45, 2.75) is 20.4 Å². The average molecular weight is 245 g/mol. The lowest BCUT2D eigenvalue weighted by atomic mass is 10.0. The molecule has 4 heteroatoms. The van der Waals surface area contributed by atoms with Crippen molar-refractivity contribution in [2.75, 3.05) is 5.32 Å². The van der Waals surface area contributed by atoms with Crippen LogP contribution < -0.4 is 5.32 Å². The zero-order valence-electron chi connectivity index (χ0n) is 10.4. The van der Waals surface area contributed by atoms with Gasteiger partial charge in [-0.3, -0.25) is 0 Å². The predicted molar refractivity (Wildman–Crippen MR) is 68.9 cm³/mol. The first-order chi connectivity index (χ1) is 8.58. The molecule has 2 N–H and O–H groups in total. The summed E-state index contributed by atoms with van der Waals surface area (Å²) in [6.07, 6.45) is 1.59. The highest BCUT2D eigenvalue weighted by atomic mass is 16.4. The molecule has 0 unspecified atom stereocenters. The van der Waals surface area contributed by atoms with Crippen LogP contribution in [0.25, 0.3) is 0 Å². The molecule has 1 aromatic carbocycles. The number of benzene rings is 1. The number of furan rings is 1. The molecule has 0 bridgehead atoms. The first kappa shape index (κ1) is 12.2. The van der Waals surface area contributed by atoms with Crippen LogP contribution in [0.4, 0.5) is 5.69 Å². The fraction of sp³-hybridized carbons (Fsp3) is 0.214. The Balaban J connectivity index is 2.25. The smallest absolute Gasteiger partial charge is 0.337 e. The fourth-order valence-corrected chi connectivity index (χ4v) is 1.73. The number of hydrogen-bond donors (Lipinski definition) is 2. The Morgan fingerprint density at radius 2 is 2.06 bits per heavy atom. The maximum atomic E-state index is 11.2. The summed E-state index contributed by atoms with van der Waals surface area (Å²) < 4.78 is 5.20. The van der Waals surface area contributed by atoms with Gasteiger partial charge in [0.05, 0.1) is 18.4 Å². The van der Waals surface area contributed by atoms with E-state index in [1.807, 2.05) is 26.0 Å². The Labute approximate surface area is 105 Å². The number of aryl methyl sites for hydroxylation is 2. The molecule has 0 aliphatic heterocycles. The van der Waals surface area contributed by atoms with Gasteiger partial charge in [0, 0.05) is 5.69 Å². The summed E-state index contributed by atoms with van der Waals surface area (Å²) in [4.78, 5) is 11.2. The molecule has 0 aliphatic carbocycles. The van der Waals surface area contributed by atoms with Crippen LogP contribution in [0.3, 0.4) is 0 Å². The summed E-state index contributed by atoms with van der Waals surface area (Å²) in [6.45, 7) is 4.33. The van der Waals surface area contributed by atoms with E-state index in [0.717, 1.165) is 16.9 Å². The van der Waals surface area contributed by atoms with Gasteiger partial charge in [0.1, 0.15) is 5.76 Å². The van der Waals surface area contributed by atoms with Crippen molar-refractivity contribution < 1.29 is 14.3 Å². The van der Waals surface area contributed by atoms with Gasteiger partial charge in [-0.05, 0) is 49.2 Å². The van der Waals surface area contributed by atoms with Crippen LogP contribution in [0, 0.1) is 13.8 Å². The van der Waals surface area contributed by atoms with Crippen molar-refractivity contribution in [2.24, 2.45) is 0 Å². The van der Waals surface area contributed by atoms with Crippen molar-refractivity contribution in [1.29, 1.82) is 0 Å². The SMILES string of the molecule is Cc1cc(NCc2ccco2)c(C(=O)O)cc1C. The number of carboxylic acid groups (broad SMARTS) is 1. The molecule has 0 saturated heterocycles.